The summed E-state index contributed by atoms with van der Waals surface area (Å²) in [6.45, 7) is 2.20. The van der Waals surface area contributed by atoms with E-state index in [0.29, 0.717) is 5.75 Å². The Morgan fingerprint density at radius 1 is 1.12 bits per heavy atom. The van der Waals surface area contributed by atoms with Gasteiger partial charge in [0.1, 0.15) is 0 Å². The zero-order valence-corrected chi connectivity index (χ0v) is 11.6. The van der Waals surface area contributed by atoms with Crippen molar-refractivity contribution in [1.82, 2.24) is 0 Å². The van der Waals surface area contributed by atoms with Crippen LogP contribution in [0.5, 0.6) is 11.5 Å². The summed E-state index contributed by atoms with van der Waals surface area (Å²) in [5, 5.41) is 0. The van der Waals surface area contributed by atoms with Crippen molar-refractivity contribution in [1.29, 1.82) is 0 Å². The van der Waals surface area contributed by atoms with Crippen LogP contribution in [0.25, 0.3) is 0 Å². The summed E-state index contributed by atoms with van der Waals surface area (Å²) in [7, 11) is 3.25. The van der Waals surface area contributed by atoms with Crippen LogP contribution in [-0.2, 0) is 0 Å². The molecule has 2 N–H and O–H groups in total. The Hall–Kier alpha value is -1.03. The van der Waals surface area contributed by atoms with Gasteiger partial charge < -0.3 is 15.2 Å². The summed E-state index contributed by atoms with van der Waals surface area (Å²) in [5.74, 6) is 2.51. The molecule has 0 heterocycles. The lowest BCUT2D eigenvalue weighted by Gasteiger charge is -2.12. The number of nitrogen functional groups attached to an aromatic ring is 1. The predicted octanol–water partition coefficient (Wildman–Crippen LogP) is 3.57. The van der Waals surface area contributed by atoms with Crippen LogP contribution in [0.1, 0.15) is 26.2 Å². The fourth-order valence-electron chi connectivity index (χ4n) is 1.54. The second kappa shape index (κ2) is 7.33. The smallest absolute Gasteiger partial charge is 0.162 e. The molecule has 0 atom stereocenters. The van der Waals surface area contributed by atoms with Gasteiger partial charge in [-0.3, -0.25) is 0 Å². The summed E-state index contributed by atoms with van der Waals surface area (Å²) in [5.41, 5.74) is 6.73. The Bertz CT molecular complexity index is 356. The van der Waals surface area contributed by atoms with Gasteiger partial charge in [-0.25, -0.2) is 0 Å². The Morgan fingerprint density at radius 2 is 1.76 bits per heavy atom. The first kappa shape index (κ1) is 14.0. The molecule has 0 radical (unpaired) electrons. The van der Waals surface area contributed by atoms with Gasteiger partial charge >= 0.3 is 0 Å². The average Bonchev–Trinajstić information content (AvgIpc) is 2.35. The van der Waals surface area contributed by atoms with Crippen molar-refractivity contribution in [2.24, 2.45) is 0 Å². The second-order valence-electron chi connectivity index (χ2n) is 3.80. The lowest BCUT2D eigenvalue weighted by Crippen LogP contribution is -1.95. The van der Waals surface area contributed by atoms with Crippen molar-refractivity contribution in [2.45, 2.75) is 31.1 Å². The molecular weight excluding hydrogens is 234 g/mol. The van der Waals surface area contributed by atoms with Crippen LogP contribution in [0.4, 0.5) is 5.69 Å². The number of rotatable bonds is 7. The average molecular weight is 255 g/mol. The van der Waals surface area contributed by atoms with Crippen LogP contribution < -0.4 is 15.2 Å². The van der Waals surface area contributed by atoms with E-state index in [0.717, 1.165) is 22.1 Å². The van der Waals surface area contributed by atoms with Crippen molar-refractivity contribution >= 4 is 17.4 Å². The SMILES string of the molecule is CCCCCSc1cc(OC)c(OC)cc1N. The number of thioether (sulfide) groups is 1. The number of benzene rings is 1. The van der Waals surface area contributed by atoms with Gasteiger partial charge in [0.25, 0.3) is 0 Å². The number of ether oxygens (including phenoxy) is 2. The van der Waals surface area contributed by atoms with E-state index in [1.807, 2.05) is 12.1 Å². The van der Waals surface area contributed by atoms with E-state index >= 15 is 0 Å². The highest BCUT2D eigenvalue weighted by Crippen LogP contribution is 2.37. The van der Waals surface area contributed by atoms with Crippen molar-refractivity contribution in [2.75, 3.05) is 25.7 Å². The summed E-state index contributed by atoms with van der Waals surface area (Å²) in [6.07, 6.45) is 3.72. The topological polar surface area (TPSA) is 44.5 Å². The fourth-order valence-corrected chi connectivity index (χ4v) is 2.52. The van der Waals surface area contributed by atoms with Crippen LogP contribution in [-0.4, -0.2) is 20.0 Å². The molecule has 3 nitrogen and oxygen atoms in total. The van der Waals surface area contributed by atoms with Gasteiger partial charge in [0.15, 0.2) is 11.5 Å². The van der Waals surface area contributed by atoms with Gasteiger partial charge in [-0.2, -0.15) is 0 Å². The molecule has 0 bridgehead atoms. The predicted molar refractivity (Wildman–Crippen MR) is 74.2 cm³/mol. The molecule has 0 amide bonds. The first-order chi connectivity index (χ1) is 8.22. The summed E-state index contributed by atoms with van der Waals surface area (Å²) in [6, 6.07) is 3.77. The molecule has 1 aromatic carbocycles. The van der Waals surface area contributed by atoms with Crippen LogP contribution in [0.2, 0.25) is 0 Å². The zero-order chi connectivity index (χ0) is 12.7. The maximum Gasteiger partial charge on any atom is 0.162 e. The van der Waals surface area contributed by atoms with E-state index in [1.165, 1.54) is 19.3 Å². The molecule has 4 heteroatoms. The molecule has 0 unspecified atom stereocenters. The molecule has 17 heavy (non-hydrogen) atoms. The van der Waals surface area contributed by atoms with E-state index in [-0.39, 0.29) is 0 Å². The van der Waals surface area contributed by atoms with Gasteiger partial charge in [-0.1, -0.05) is 19.8 Å². The number of nitrogens with two attached hydrogens (primary N) is 1. The highest BCUT2D eigenvalue weighted by Gasteiger charge is 2.09. The molecule has 0 saturated carbocycles. The largest absolute Gasteiger partial charge is 0.493 e. The molecule has 0 aliphatic heterocycles. The Labute approximate surface area is 108 Å². The molecule has 0 saturated heterocycles. The third kappa shape index (κ3) is 4.04. The lowest BCUT2D eigenvalue weighted by molar-refractivity contribution is 0.354. The molecule has 0 aliphatic carbocycles. The Morgan fingerprint density at radius 3 is 2.35 bits per heavy atom. The molecule has 0 spiro atoms. The maximum absolute atomic E-state index is 5.98. The monoisotopic (exact) mass is 255 g/mol. The van der Waals surface area contributed by atoms with Crippen LogP contribution >= 0.6 is 11.8 Å². The van der Waals surface area contributed by atoms with E-state index in [1.54, 1.807) is 26.0 Å². The molecular formula is C13H21NO2S. The quantitative estimate of drug-likeness (QED) is 0.459. The Balaban J connectivity index is 2.71. The minimum absolute atomic E-state index is 0.683. The fraction of sp³-hybridized carbons (Fsp3) is 0.538. The van der Waals surface area contributed by atoms with Crippen LogP contribution in [0.3, 0.4) is 0 Å². The number of anilines is 1. The normalized spacial score (nSPS) is 10.3. The molecule has 1 aromatic rings. The van der Waals surface area contributed by atoms with E-state index in [4.69, 9.17) is 15.2 Å². The molecule has 96 valence electrons. The number of unbranched alkanes of at least 4 members (excludes halogenated alkanes) is 2. The van der Waals surface area contributed by atoms with Gasteiger partial charge in [0.05, 0.1) is 14.2 Å². The van der Waals surface area contributed by atoms with E-state index in [9.17, 15) is 0 Å². The van der Waals surface area contributed by atoms with Crippen molar-refractivity contribution in [3.63, 3.8) is 0 Å². The third-order valence-corrected chi connectivity index (χ3v) is 3.68. The lowest BCUT2D eigenvalue weighted by atomic mass is 10.3. The molecule has 0 aliphatic rings. The van der Waals surface area contributed by atoms with Gasteiger partial charge in [-0.05, 0) is 18.2 Å². The van der Waals surface area contributed by atoms with Crippen molar-refractivity contribution in [3.8, 4) is 11.5 Å². The molecule has 0 aromatic heterocycles. The maximum atomic E-state index is 5.98. The minimum Gasteiger partial charge on any atom is -0.493 e. The second-order valence-corrected chi connectivity index (χ2v) is 4.94. The summed E-state index contributed by atoms with van der Waals surface area (Å²) >= 11 is 1.78. The standard InChI is InChI=1S/C13H21NO2S/c1-4-5-6-7-17-13-9-12(16-3)11(15-2)8-10(13)14/h8-9H,4-7,14H2,1-3H3. The highest BCUT2D eigenvalue weighted by molar-refractivity contribution is 7.99. The van der Waals surface area contributed by atoms with Crippen LogP contribution in [0, 0.1) is 0 Å². The minimum atomic E-state index is 0.683. The van der Waals surface area contributed by atoms with Gasteiger partial charge in [-0.15, -0.1) is 11.8 Å². The third-order valence-electron chi connectivity index (χ3n) is 2.52. The first-order valence-electron chi connectivity index (χ1n) is 5.87. The van der Waals surface area contributed by atoms with E-state index < -0.39 is 0 Å². The number of hydrogen-bond acceptors (Lipinski definition) is 4. The number of methoxy groups -OCH3 is 2. The van der Waals surface area contributed by atoms with E-state index in [2.05, 4.69) is 6.92 Å². The van der Waals surface area contributed by atoms with Crippen molar-refractivity contribution < 1.29 is 9.47 Å². The van der Waals surface area contributed by atoms with Crippen molar-refractivity contribution in [3.05, 3.63) is 12.1 Å². The highest BCUT2D eigenvalue weighted by atomic mass is 32.2. The van der Waals surface area contributed by atoms with Crippen LogP contribution in [0.15, 0.2) is 17.0 Å². The molecule has 1 rings (SSSR count). The first-order valence-corrected chi connectivity index (χ1v) is 6.85. The van der Waals surface area contributed by atoms with Gasteiger partial charge in [0.2, 0.25) is 0 Å². The molecule has 0 fully saturated rings. The number of hydrogen-bond donors (Lipinski definition) is 1. The summed E-state index contributed by atoms with van der Waals surface area (Å²) < 4.78 is 10.5. The summed E-state index contributed by atoms with van der Waals surface area (Å²) in [4.78, 5) is 1.07. The zero-order valence-electron chi connectivity index (χ0n) is 10.8. The van der Waals surface area contributed by atoms with Gasteiger partial charge in [0, 0.05) is 16.6 Å². The Kier molecular flexibility index (Phi) is 6.05.